The number of aromatic nitrogens is 2. The van der Waals surface area contributed by atoms with Crippen LogP contribution in [0.5, 0.6) is 0 Å². The van der Waals surface area contributed by atoms with Gasteiger partial charge in [-0.2, -0.15) is 5.26 Å². The van der Waals surface area contributed by atoms with Crippen molar-refractivity contribution in [2.24, 2.45) is 0 Å². The number of H-pyrrole nitrogens is 1. The van der Waals surface area contributed by atoms with Crippen LogP contribution in [0, 0.1) is 18.3 Å². The fourth-order valence-electron chi connectivity index (χ4n) is 1.35. The molecular formula is C11H16N3O3P. The van der Waals surface area contributed by atoms with Gasteiger partial charge in [-0.15, -0.1) is 0 Å². The maximum atomic E-state index is 12.4. The quantitative estimate of drug-likeness (QED) is 0.633. The number of imidazole rings is 1. The van der Waals surface area contributed by atoms with Crippen molar-refractivity contribution in [2.75, 3.05) is 13.2 Å². The zero-order valence-electron chi connectivity index (χ0n) is 10.6. The summed E-state index contributed by atoms with van der Waals surface area (Å²) in [6, 6.07) is 1.87. The van der Waals surface area contributed by atoms with Crippen LogP contribution in [0.2, 0.25) is 0 Å². The third-order valence-corrected chi connectivity index (χ3v) is 4.04. The Kier molecular flexibility index (Phi) is 5.29. The van der Waals surface area contributed by atoms with Crippen molar-refractivity contribution in [3.8, 4) is 6.07 Å². The van der Waals surface area contributed by atoms with Crippen molar-refractivity contribution in [3.05, 3.63) is 23.0 Å². The SMILES string of the molecule is CCOP(=O)(OCC)/C(C#N)=C\c1cnc(C)[nH]1. The van der Waals surface area contributed by atoms with E-state index in [1.54, 1.807) is 27.0 Å². The molecule has 0 aromatic carbocycles. The van der Waals surface area contributed by atoms with E-state index in [-0.39, 0.29) is 18.5 Å². The number of nitrogens with zero attached hydrogens (tertiary/aromatic N) is 2. The Balaban J connectivity index is 3.11. The Bertz CT molecular complexity index is 506. The van der Waals surface area contributed by atoms with Crippen LogP contribution in [0.1, 0.15) is 25.4 Å². The van der Waals surface area contributed by atoms with E-state index < -0.39 is 7.60 Å². The molecule has 18 heavy (non-hydrogen) atoms. The number of nitriles is 1. The standard InChI is InChI=1S/C11H16N3O3P/c1-4-16-18(15,17-5-2)11(7-12)6-10-8-13-9(3)14-10/h6,8H,4-5H2,1-3H3,(H,13,14)/b11-6-. The Hall–Kier alpha value is -1.41. The largest absolute Gasteiger partial charge is 0.371 e. The molecule has 0 aliphatic rings. The second kappa shape index (κ2) is 6.50. The smallest absolute Gasteiger partial charge is 0.343 e. The van der Waals surface area contributed by atoms with Crippen LogP contribution < -0.4 is 0 Å². The summed E-state index contributed by atoms with van der Waals surface area (Å²) in [5.41, 5.74) is 0.587. The lowest BCUT2D eigenvalue weighted by Gasteiger charge is -2.15. The molecule has 98 valence electrons. The zero-order chi connectivity index (χ0) is 13.6. The summed E-state index contributed by atoms with van der Waals surface area (Å²) < 4.78 is 22.6. The topological polar surface area (TPSA) is 88.0 Å². The first-order valence-corrected chi connectivity index (χ1v) is 7.13. The van der Waals surface area contributed by atoms with Crippen LogP contribution >= 0.6 is 7.60 Å². The summed E-state index contributed by atoms with van der Waals surface area (Å²) in [5.74, 6) is 0.709. The Morgan fingerprint density at radius 2 is 2.17 bits per heavy atom. The van der Waals surface area contributed by atoms with Gasteiger partial charge < -0.3 is 14.0 Å². The summed E-state index contributed by atoms with van der Waals surface area (Å²) in [5, 5.41) is 9.07. The minimum atomic E-state index is -3.53. The van der Waals surface area contributed by atoms with Gasteiger partial charge in [-0.05, 0) is 26.8 Å². The lowest BCUT2D eigenvalue weighted by atomic mass is 10.4. The van der Waals surface area contributed by atoms with E-state index in [4.69, 9.17) is 14.3 Å². The molecule has 0 aliphatic heterocycles. The number of rotatable bonds is 6. The van der Waals surface area contributed by atoms with Gasteiger partial charge >= 0.3 is 7.60 Å². The third kappa shape index (κ3) is 3.54. The van der Waals surface area contributed by atoms with E-state index in [0.29, 0.717) is 11.5 Å². The minimum Gasteiger partial charge on any atom is -0.343 e. The molecule has 0 radical (unpaired) electrons. The molecule has 1 aromatic heterocycles. The minimum absolute atomic E-state index is 0.0325. The van der Waals surface area contributed by atoms with Crippen LogP contribution in [0.15, 0.2) is 11.5 Å². The highest BCUT2D eigenvalue weighted by Gasteiger charge is 2.30. The van der Waals surface area contributed by atoms with E-state index in [1.807, 2.05) is 6.07 Å². The molecule has 0 atom stereocenters. The molecule has 7 heteroatoms. The number of aromatic amines is 1. The number of hydrogen-bond acceptors (Lipinski definition) is 5. The lowest BCUT2D eigenvalue weighted by Crippen LogP contribution is -1.97. The van der Waals surface area contributed by atoms with Gasteiger partial charge in [0.2, 0.25) is 0 Å². The molecule has 1 N–H and O–H groups in total. The van der Waals surface area contributed by atoms with Gasteiger partial charge in [-0.25, -0.2) is 4.98 Å². The molecule has 0 saturated heterocycles. The first-order chi connectivity index (χ1) is 8.55. The van der Waals surface area contributed by atoms with Gasteiger partial charge in [0.05, 0.1) is 25.1 Å². The maximum absolute atomic E-state index is 12.4. The maximum Gasteiger partial charge on any atom is 0.371 e. The molecule has 1 rings (SSSR count). The lowest BCUT2D eigenvalue weighted by molar-refractivity contribution is 0.227. The summed E-state index contributed by atoms with van der Waals surface area (Å²) in [4.78, 5) is 6.92. The van der Waals surface area contributed by atoms with Crippen molar-refractivity contribution < 1.29 is 13.6 Å². The van der Waals surface area contributed by atoms with Crippen LogP contribution in [0.25, 0.3) is 6.08 Å². The molecule has 0 spiro atoms. The fraction of sp³-hybridized carbons (Fsp3) is 0.455. The van der Waals surface area contributed by atoms with Crippen LogP contribution in [-0.2, 0) is 13.6 Å². The van der Waals surface area contributed by atoms with Crippen LogP contribution in [-0.4, -0.2) is 23.2 Å². The second-order valence-corrected chi connectivity index (χ2v) is 5.39. The van der Waals surface area contributed by atoms with E-state index in [0.717, 1.165) is 0 Å². The average Bonchev–Trinajstić information content (AvgIpc) is 2.72. The van der Waals surface area contributed by atoms with Crippen molar-refractivity contribution in [3.63, 3.8) is 0 Å². The molecule has 1 heterocycles. The average molecular weight is 269 g/mol. The number of allylic oxidation sites excluding steroid dienone is 1. The van der Waals surface area contributed by atoms with Gasteiger partial charge in [0, 0.05) is 0 Å². The second-order valence-electron chi connectivity index (χ2n) is 3.40. The molecular weight excluding hydrogens is 253 g/mol. The van der Waals surface area contributed by atoms with Gasteiger partial charge in [-0.3, -0.25) is 4.57 Å². The van der Waals surface area contributed by atoms with E-state index >= 15 is 0 Å². The predicted molar refractivity (Wildman–Crippen MR) is 67.8 cm³/mol. The first-order valence-electron chi connectivity index (χ1n) is 5.58. The van der Waals surface area contributed by atoms with Gasteiger partial charge in [-0.1, -0.05) is 0 Å². The van der Waals surface area contributed by atoms with Gasteiger partial charge in [0.25, 0.3) is 0 Å². The summed E-state index contributed by atoms with van der Waals surface area (Å²) in [7, 11) is -3.53. The van der Waals surface area contributed by atoms with E-state index in [1.165, 1.54) is 6.08 Å². The molecule has 0 aliphatic carbocycles. The first kappa shape index (κ1) is 14.7. The molecule has 0 saturated carbocycles. The Morgan fingerprint density at radius 1 is 1.56 bits per heavy atom. The fourth-order valence-corrected chi connectivity index (χ4v) is 2.80. The third-order valence-electron chi connectivity index (χ3n) is 2.02. The number of aryl methyl sites for hydroxylation is 1. The highest BCUT2D eigenvalue weighted by Crippen LogP contribution is 2.56. The molecule has 6 nitrogen and oxygen atoms in total. The van der Waals surface area contributed by atoms with Gasteiger partial charge in [0.1, 0.15) is 17.2 Å². The summed E-state index contributed by atoms with van der Waals surface area (Å²) in [6.07, 6.45) is 2.99. The van der Waals surface area contributed by atoms with Crippen LogP contribution in [0.4, 0.5) is 0 Å². The summed E-state index contributed by atoms with van der Waals surface area (Å²) in [6.45, 7) is 5.59. The number of nitrogens with one attached hydrogen (secondary N) is 1. The summed E-state index contributed by atoms with van der Waals surface area (Å²) >= 11 is 0. The van der Waals surface area contributed by atoms with Gasteiger partial charge in [0.15, 0.2) is 0 Å². The normalized spacial score (nSPS) is 12.4. The highest BCUT2D eigenvalue weighted by molar-refractivity contribution is 7.59. The predicted octanol–water partition coefficient (Wildman–Crippen LogP) is 2.85. The molecule has 0 amide bonds. The van der Waals surface area contributed by atoms with Crippen molar-refractivity contribution in [1.29, 1.82) is 5.26 Å². The Morgan fingerprint density at radius 3 is 2.56 bits per heavy atom. The highest BCUT2D eigenvalue weighted by atomic mass is 31.2. The molecule has 0 fully saturated rings. The van der Waals surface area contributed by atoms with Crippen molar-refractivity contribution >= 4 is 13.7 Å². The van der Waals surface area contributed by atoms with Crippen LogP contribution in [0.3, 0.4) is 0 Å². The molecule has 0 bridgehead atoms. The molecule has 1 aromatic rings. The zero-order valence-corrected chi connectivity index (χ0v) is 11.5. The Labute approximate surface area is 106 Å². The number of hydrogen-bond donors (Lipinski definition) is 1. The monoisotopic (exact) mass is 269 g/mol. The van der Waals surface area contributed by atoms with E-state index in [9.17, 15) is 4.57 Å². The van der Waals surface area contributed by atoms with E-state index in [2.05, 4.69) is 9.97 Å². The van der Waals surface area contributed by atoms with Crippen molar-refractivity contribution in [2.45, 2.75) is 20.8 Å². The molecule has 0 unspecified atom stereocenters. The van der Waals surface area contributed by atoms with Crippen molar-refractivity contribution in [1.82, 2.24) is 9.97 Å².